The highest BCUT2D eigenvalue weighted by atomic mass is 32.2. The molecule has 5 aromatic rings. The summed E-state index contributed by atoms with van der Waals surface area (Å²) in [6.45, 7) is 2.12. The fraction of sp³-hybridized carbons (Fsp3) is 0.121. The average Bonchev–Trinajstić information content (AvgIpc) is 2.99. The van der Waals surface area contributed by atoms with E-state index in [0.717, 1.165) is 27.1 Å². The summed E-state index contributed by atoms with van der Waals surface area (Å²) in [7, 11) is -4.24. The van der Waals surface area contributed by atoms with Crippen LogP contribution in [0.15, 0.2) is 120 Å². The minimum absolute atomic E-state index is 0.00946. The molecule has 1 aromatic heterocycles. The Hall–Kier alpha value is -4.82. The van der Waals surface area contributed by atoms with E-state index in [1.165, 1.54) is 17.0 Å². The highest BCUT2D eigenvalue weighted by Crippen LogP contribution is 2.23. The molecule has 41 heavy (non-hydrogen) atoms. The van der Waals surface area contributed by atoms with E-state index in [1.54, 1.807) is 60.9 Å². The van der Waals surface area contributed by atoms with Gasteiger partial charge in [0, 0.05) is 35.6 Å². The second-order valence-electron chi connectivity index (χ2n) is 9.54. The largest absolute Gasteiger partial charge is 0.312 e. The molecule has 8 heteroatoms. The van der Waals surface area contributed by atoms with Crippen molar-refractivity contribution in [2.75, 3.05) is 11.4 Å². The number of benzene rings is 4. The maximum atomic E-state index is 13.8. The summed E-state index contributed by atoms with van der Waals surface area (Å²) < 4.78 is 28.7. The second kappa shape index (κ2) is 12.1. The zero-order chi connectivity index (χ0) is 28.8. The minimum atomic E-state index is -4.24. The molecule has 7 nitrogen and oxygen atoms in total. The molecule has 1 unspecified atom stereocenters. The Kier molecular flexibility index (Phi) is 8.21. The van der Waals surface area contributed by atoms with Gasteiger partial charge in [-0.1, -0.05) is 84.9 Å². The SMILES string of the molecule is CCN(C(=O)C(CC=Cc1cncc2ccccc12)C(=O)NS(=O)(=O)c1ccc2ccccc2c1)c1ccccc1. The molecule has 5 rings (SSSR count). The molecule has 0 radical (unpaired) electrons. The third-order valence-corrected chi connectivity index (χ3v) is 8.24. The van der Waals surface area contributed by atoms with Crippen LogP contribution in [0.4, 0.5) is 5.69 Å². The van der Waals surface area contributed by atoms with Crippen molar-refractivity contribution in [1.82, 2.24) is 9.71 Å². The molecule has 1 atom stereocenters. The van der Waals surface area contributed by atoms with E-state index < -0.39 is 27.8 Å². The molecule has 1 heterocycles. The van der Waals surface area contributed by atoms with Crippen LogP contribution in [0, 0.1) is 5.92 Å². The van der Waals surface area contributed by atoms with E-state index in [1.807, 2.05) is 55.5 Å². The number of aromatic nitrogens is 1. The number of carbonyl (C=O) groups excluding carboxylic acids is 2. The van der Waals surface area contributed by atoms with Gasteiger partial charge in [0.2, 0.25) is 11.8 Å². The number of nitrogens with one attached hydrogen (secondary N) is 1. The zero-order valence-corrected chi connectivity index (χ0v) is 23.3. The molecule has 0 spiro atoms. The Labute approximate surface area is 239 Å². The summed E-state index contributed by atoms with van der Waals surface area (Å²) in [5, 5.41) is 3.54. The lowest BCUT2D eigenvalue weighted by Crippen LogP contribution is -2.45. The lowest BCUT2D eigenvalue weighted by molar-refractivity contribution is -0.132. The number of hydrogen-bond donors (Lipinski definition) is 1. The first-order valence-electron chi connectivity index (χ1n) is 13.3. The van der Waals surface area contributed by atoms with Crippen LogP contribution >= 0.6 is 0 Å². The maximum absolute atomic E-state index is 13.8. The highest BCUT2D eigenvalue weighted by Gasteiger charge is 2.33. The van der Waals surface area contributed by atoms with Gasteiger partial charge in [-0.15, -0.1) is 0 Å². The molecule has 0 bridgehead atoms. The van der Waals surface area contributed by atoms with Crippen LogP contribution in [-0.2, 0) is 19.6 Å². The van der Waals surface area contributed by atoms with Crippen LogP contribution in [0.5, 0.6) is 0 Å². The van der Waals surface area contributed by atoms with Crippen molar-refractivity contribution in [1.29, 1.82) is 0 Å². The first kappa shape index (κ1) is 27.7. The molecule has 1 N–H and O–H groups in total. The van der Waals surface area contributed by atoms with Gasteiger partial charge in [-0.05, 0) is 53.8 Å². The number of pyridine rings is 1. The van der Waals surface area contributed by atoms with Gasteiger partial charge in [-0.3, -0.25) is 14.6 Å². The number of fused-ring (bicyclic) bond motifs is 2. The van der Waals surface area contributed by atoms with Crippen LogP contribution < -0.4 is 9.62 Å². The van der Waals surface area contributed by atoms with E-state index >= 15 is 0 Å². The number of para-hydroxylation sites is 1. The number of sulfonamides is 1. The average molecular weight is 564 g/mol. The molecule has 4 aromatic carbocycles. The van der Waals surface area contributed by atoms with E-state index in [2.05, 4.69) is 9.71 Å². The molecule has 0 saturated carbocycles. The third kappa shape index (κ3) is 6.18. The molecule has 0 fully saturated rings. The Morgan fingerprint density at radius 3 is 2.29 bits per heavy atom. The van der Waals surface area contributed by atoms with Crippen molar-refractivity contribution in [3.63, 3.8) is 0 Å². The monoisotopic (exact) mass is 563 g/mol. The molecule has 2 amide bonds. The van der Waals surface area contributed by atoms with Crippen molar-refractivity contribution in [2.45, 2.75) is 18.2 Å². The Balaban J connectivity index is 1.45. The number of hydrogen-bond acceptors (Lipinski definition) is 5. The summed E-state index contributed by atoms with van der Waals surface area (Å²) in [6, 6.07) is 28.8. The van der Waals surface area contributed by atoms with Crippen molar-refractivity contribution < 1.29 is 18.0 Å². The fourth-order valence-electron chi connectivity index (χ4n) is 4.78. The van der Waals surface area contributed by atoms with E-state index in [0.29, 0.717) is 12.2 Å². The van der Waals surface area contributed by atoms with Gasteiger partial charge in [0.1, 0.15) is 5.92 Å². The fourth-order valence-corrected chi connectivity index (χ4v) is 5.84. The van der Waals surface area contributed by atoms with Gasteiger partial charge in [-0.2, -0.15) is 0 Å². The van der Waals surface area contributed by atoms with Crippen LogP contribution in [0.2, 0.25) is 0 Å². The predicted molar refractivity (Wildman–Crippen MR) is 163 cm³/mol. The minimum Gasteiger partial charge on any atom is -0.312 e. The van der Waals surface area contributed by atoms with Crippen molar-refractivity contribution in [3.05, 3.63) is 121 Å². The topological polar surface area (TPSA) is 96.4 Å². The molecule has 0 aliphatic carbocycles. The maximum Gasteiger partial charge on any atom is 0.264 e. The number of nitrogens with zero attached hydrogens (tertiary/aromatic N) is 2. The Morgan fingerprint density at radius 1 is 0.854 bits per heavy atom. The molecule has 0 aliphatic rings. The second-order valence-corrected chi connectivity index (χ2v) is 11.2. The summed E-state index contributed by atoms with van der Waals surface area (Å²) in [6.07, 6.45) is 6.99. The van der Waals surface area contributed by atoms with E-state index in [-0.39, 0.29) is 11.3 Å². The summed E-state index contributed by atoms with van der Waals surface area (Å²) in [5.74, 6) is -2.67. The quantitative estimate of drug-likeness (QED) is 0.223. The number of allylic oxidation sites excluding steroid dienone is 1. The van der Waals surface area contributed by atoms with E-state index in [4.69, 9.17) is 0 Å². The predicted octanol–water partition coefficient (Wildman–Crippen LogP) is 5.97. The van der Waals surface area contributed by atoms with Gasteiger partial charge < -0.3 is 4.90 Å². The van der Waals surface area contributed by atoms with Crippen LogP contribution in [0.25, 0.3) is 27.6 Å². The molecular formula is C33H29N3O4S. The standard InChI is InChI=1S/C33H29N3O4S/c1-2-36(28-15-4-3-5-16-28)33(38)31(18-10-14-27-23-34-22-26-13-8-9-17-30(26)27)32(37)35-41(39,40)29-20-19-24-11-6-7-12-25(24)21-29/h3-17,19-23,31H,2,18H2,1H3,(H,35,37). The molecule has 206 valence electrons. The number of carbonyl (C=O) groups is 2. The Morgan fingerprint density at radius 2 is 1.54 bits per heavy atom. The number of rotatable bonds is 9. The molecule has 0 saturated heterocycles. The number of anilines is 1. The molecule has 0 aliphatic heterocycles. The van der Waals surface area contributed by atoms with Crippen LogP contribution in [0.3, 0.4) is 0 Å². The Bertz CT molecular complexity index is 1850. The van der Waals surface area contributed by atoms with Gasteiger partial charge >= 0.3 is 0 Å². The van der Waals surface area contributed by atoms with Gasteiger partial charge in [0.25, 0.3) is 10.0 Å². The summed E-state index contributed by atoms with van der Waals surface area (Å²) in [5.41, 5.74) is 1.45. The summed E-state index contributed by atoms with van der Waals surface area (Å²) >= 11 is 0. The van der Waals surface area contributed by atoms with Crippen molar-refractivity contribution in [3.8, 4) is 0 Å². The highest BCUT2D eigenvalue weighted by molar-refractivity contribution is 7.90. The first-order chi connectivity index (χ1) is 19.9. The van der Waals surface area contributed by atoms with Gasteiger partial charge in [-0.25, -0.2) is 13.1 Å². The van der Waals surface area contributed by atoms with E-state index in [9.17, 15) is 18.0 Å². The third-order valence-electron chi connectivity index (χ3n) is 6.90. The smallest absolute Gasteiger partial charge is 0.264 e. The lowest BCUT2D eigenvalue weighted by Gasteiger charge is -2.25. The van der Waals surface area contributed by atoms with Gasteiger partial charge in [0.15, 0.2) is 0 Å². The van der Waals surface area contributed by atoms with Gasteiger partial charge in [0.05, 0.1) is 4.90 Å². The zero-order valence-electron chi connectivity index (χ0n) is 22.5. The van der Waals surface area contributed by atoms with Crippen LogP contribution in [-0.4, -0.2) is 31.8 Å². The van der Waals surface area contributed by atoms with Crippen molar-refractivity contribution in [2.24, 2.45) is 5.92 Å². The summed E-state index contributed by atoms with van der Waals surface area (Å²) in [4.78, 5) is 33.1. The molecular weight excluding hydrogens is 534 g/mol. The number of amides is 2. The van der Waals surface area contributed by atoms with Crippen LogP contribution in [0.1, 0.15) is 18.9 Å². The lowest BCUT2D eigenvalue weighted by atomic mass is 10.0. The normalized spacial score (nSPS) is 12.4. The first-order valence-corrected chi connectivity index (χ1v) is 14.8. The van der Waals surface area contributed by atoms with Crippen molar-refractivity contribution >= 4 is 55.1 Å².